The predicted octanol–water partition coefficient (Wildman–Crippen LogP) is 6.31. The lowest BCUT2D eigenvalue weighted by Gasteiger charge is -2.18. The Morgan fingerprint density at radius 1 is 1.13 bits per heavy atom. The van der Waals surface area contributed by atoms with Crippen molar-refractivity contribution in [1.29, 1.82) is 0 Å². The summed E-state index contributed by atoms with van der Waals surface area (Å²) in [5, 5.41) is 13.2. The Hall–Kier alpha value is -2.70. The van der Waals surface area contributed by atoms with Gasteiger partial charge in [-0.15, -0.1) is 0 Å². The van der Waals surface area contributed by atoms with Crippen LogP contribution in [-0.4, -0.2) is 18.2 Å². The second kappa shape index (κ2) is 9.87. The van der Waals surface area contributed by atoms with Crippen LogP contribution in [-0.2, 0) is 13.2 Å². The summed E-state index contributed by atoms with van der Waals surface area (Å²) in [7, 11) is 1.59. The topological polar surface area (TPSA) is 67.8 Å². The summed E-state index contributed by atoms with van der Waals surface area (Å²) < 4.78 is 12.5. The van der Waals surface area contributed by atoms with Crippen molar-refractivity contribution in [2.75, 3.05) is 12.4 Å². The first-order chi connectivity index (χ1) is 14.4. The van der Waals surface area contributed by atoms with Gasteiger partial charge in [0.15, 0.2) is 11.5 Å². The summed E-state index contributed by atoms with van der Waals surface area (Å²) in [6.07, 6.45) is 0. The molecule has 0 fully saturated rings. The zero-order valence-electron chi connectivity index (χ0n) is 16.5. The zero-order chi connectivity index (χ0) is 21.7. The Morgan fingerprint density at radius 2 is 1.87 bits per heavy atom. The molecule has 0 radical (unpaired) electrons. The fraction of sp³-hybridized carbons (Fsp3) is 0.174. The fourth-order valence-corrected chi connectivity index (χ4v) is 3.51. The summed E-state index contributed by atoms with van der Waals surface area (Å²) >= 11 is 9.54. The standard InChI is InChI=1S/C23H21BrClNO4/c1-14-3-6-16(23(27)28)11-20(14)26-12-18-19(24)9-10-21(29-2)22(18)30-13-15-4-7-17(25)8-5-15/h3-11,26H,12-13H2,1-2H3,(H,27,28). The van der Waals surface area contributed by atoms with Crippen LogP contribution in [0.2, 0.25) is 5.02 Å². The van der Waals surface area contributed by atoms with Gasteiger partial charge in [-0.1, -0.05) is 45.7 Å². The average molecular weight is 491 g/mol. The lowest BCUT2D eigenvalue weighted by molar-refractivity contribution is 0.0697. The second-order valence-corrected chi connectivity index (χ2v) is 7.95. The average Bonchev–Trinajstić information content (AvgIpc) is 2.73. The molecular formula is C23H21BrClNO4. The van der Waals surface area contributed by atoms with Crippen LogP contribution in [0.25, 0.3) is 0 Å². The Labute approximate surface area is 188 Å². The van der Waals surface area contributed by atoms with Crippen LogP contribution in [0.4, 0.5) is 5.69 Å². The summed E-state index contributed by atoms with van der Waals surface area (Å²) in [5.41, 5.74) is 3.76. The molecule has 156 valence electrons. The highest BCUT2D eigenvalue weighted by Crippen LogP contribution is 2.37. The van der Waals surface area contributed by atoms with Gasteiger partial charge < -0.3 is 19.9 Å². The van der Waals surface area contributed by atoms with Gasteiger partial charge in [-0.05, 0) is 54.4 Å². The molecule has 0 heterocycles. The molecule has 3 aromatic carbocycles. The number of ether oxygens (including phenoxy) is 2. The maximum absolute atomic E-state index is 11.3. The molecule has 3 rings (SSSR count). The molecule has 30 heavy (non-hydrogen) atoms. The van der Waals surface area contributed by atoms with Gasteiger partial charge in [0.2, 0.25) is 0 Å². The number of anilines is 1. The van der Waals surface area contributed by atoms with Crippen molar-refractivity contribution in [1.82, 2.24) is 0 Å². The Morgan fingerprint density at radius 3 is 2.53 bits per heavy atom. The highest BCUT2D eigenvalue weighted by atomic mass is 79.9. The molecule has 3 aromatic rings. The number of aromatic carboxylic acids is 1. The van der Waals surface area contributed by atoms with Crippen LogP contribution in [0, 0.1) is 6.92 Å². The molecule has 2 N–H and O–H groups in total. The van der Waals surface area contributed by atoms with E-state index in [2.05, 4.69) is 21.2 Å². The second-order valence-electron chi connectivity index (χ2n) is 6.66. The third kappa shape index (κ3) is 5.26. The van der Waals surface area contributed by atoms with Crippen molar-refractivity contribution >= 4 is 39.2 Å². The zero-order valence-corrected chi connectivity index (χ0v) is 18.9. The van der Waals surface area contributed by atoms with Gasteiger partial charge in [0, 0.05) is 27.3 Å². The fourth-order valence-electron chi connectivity index (χ4n) is 2.93. The van der Waals surface area contributed by atoms with E-state index in [9.17, 15) is 9.90 Å². The molecule has 0 saturated heterocycles. The van der Waals surface area contributed by atoms with Crippen molar-refractivity contribution < 1.29 is 19.4 Å². The number of rotatable bonds is 8. The summed E-state index contributed by atoms with van der Waals surface area (Å²) in [4.78, 5) is 11.3. The highest BCUT2D eigenvalue weighted by molar-refractivity contribution is 9.10. The molecule has 0 aromatic heterocycles. The van der Waals surface area contributed by atoms with E-state index in [1.165, 1.54) is 0 Å². The molecule has 0 amide bonds. The molecule has 0 bridgehead atoms. The third-order valence-corrected chi connectivity index (χ3v) is 5.62. The molecule has 0 spiro atoms. The Kier molecular flexibility index (Phi) is 7.24. The number of nitrogens with one attached hydrogen (secondary N) is 1. The van der Waals surface area contributed by atoms with Crippen molar-refractivity contribution in [3.8, 4) is 11.5 Å². The van der Waals surface area contributed by atoms with Crippen LogP contribution in [0.1, 0.15) is 27.0 Å². The number of benzene rings is 3. The van der Waals surface area contributed by atoms with Crippen molar-refractivity contribution in [3.63, 3.8) is 0 Å². The van der Waals surface area contributed by atoms with Gasteiger partial charge in [0.1, 0.15) is 6.61 Å². The summed E-state index contributed by atoms with van der Waals surface area (Å²) in [6, 6.07) is 16.2. The quantitative estimate of drug-likeness (QED) is 0.387. The minimum atomic E-state index is -0.965. The van der Waals surface area contributed by atoms with E-state index in [1.54, 1.807) is 25.3 Å². The van der Waals surface area contributed by atoms with E-state index >= 15 is 0 Å². The van der Waals surface area contributed by atoms with E-state index < -0.39 is 5.97 Å². The van der Waals surface area contributed by atoms with Gasteiger partial charge in [0.05, 0.1) is 12.7 Å². The minimum Gasteiger partial charge on any atom is -0.493 e. The molecule has 0 unspecified atom stereocenters. The molecule has 0 saturated carbocycles. The normalized spacial score (nSPS) is 10.5. The van der Waals surface area contributed by atoms with E-state index in [4.69, 9.17) is 21.1 Å². The van der Waals surface area contributed by atoms with Crippen LogP contribution < -0.4 is 14.8 Å². The first-order valence-electron chi connectivity index (χ1n) is 9.19. The van der Waals surface area contributed by atoms with Gasteiger partial charge in [-0.3, -0.25) is 0 Å². The Bertz CT molecular complexity index is 1050. The van der Waals surface area contributed by atoms with Gasteiger partial charge in [-0.2, -0.15) is 0 Å². The lowest BCUT2D eigenvalue weighted by atomic mass is 10.1. The highest BCUT2D eigenvalue weighted by Gasteiger charge is 2.16. The smallest absolute Gasteiger partial charge is 0.335 e. The summed E-state index contributed by atoms with van der Waals surface area (Å²) in [5.74, 6) is 0.258. The minimum absolute atomic E-state index is 0.229. The van der Waals surface area contributed by atoms with E-state index in [1.807, 2.05) is 43.3 Å². The molecule has 5 nitrogen and oxygen atoms in total. The SMILES string of the molecule is COc1ccc(Br)c(CNc2cc(C(=O)O)ccc2C)c1OCc1ccc(Cl)cc1. The number of halogens is 2. The summed E-state index contributed by atoms with van der Waals surface area (Å²) in [6.45, 7) is 2.69. The van der Waals surface area contributed by atoms with Crippen LogP contribution in [0.15, 0.2) is 59.1 Å². The molecule has 0 atom stereocenters. The lowest BCUT2D eigenvalue weighted by Crippen LogP contribution is -2.08. The number of carboxylic acids is 1. The van der Waals surface area contributed by atoms with Crippen molar-refractivity contribution in [2.24, 2.45) is 0 Å². The first-order valence-corrected chi connectivity index (χ1v) is 10.4. The Balaban J connectivity index is 1.86. The van der Waals surface area contributed by atoms with E-state index in [-0.39, 0.29) is 5.56 Å². The molecule has 0 aliphatic rings. The largest absolute Gasteiger partial charge is 0.493 e. The number of carbonyl (C=O) groups is 1. The van der Waals surface area contributed by atoms with E-state index in [0.717, 1.165) is 26.9 Å². The number of carboxylic acid groups (broad SMARTS) is 1. The van der Waals surface area contributed by atoms with Gasteiger partial charge >= 0.3 is 5.97 Å². The van der Waals surface area contributed by atoms with Gasteiger partial charge in [0.25, 0.3) is 0 Å². The first kappa shape index (κ1) is 22.0. The number of aryl methyl sites for hydroxylation is 1. The van der Waals surface area contributed by atoms with Crippen LogP contribution in [0.5, 0.6) is 11.5 Å². The number of hydrogen-bond acceptors (Lipinski definition) is 4. The molecule has 0 aliphatic carbocycles. The maximum Gasteiger partial charge on any atom is 0.335 e. The molecule has 0 aliphatic heterocycles. The molecule has 7 heteroatoms. The number of methoxy groups -OCH3 is 1. The predicted molar refractivity (Wildman–Crippen MR) is 122 cm³/mol. The maximum atomic E-state index is 11.3. The van der Waals surface area contributed by atoms with Gasteiger partial charge in [-0.25, -0.2) is 4.79 Å². The molecular weight excluding hydrogens is 470 g/mol. The number of hydrogen-bond donors (Lipinski definition) is 2. The van der Waals surface area contributed by atoms with E-state index in [0.29, 0.717) is 29.7 Å². The third-order valence-electron chi connectivity index (χ3n) is 4.62. The van der Waals surface area contributed by atoms with Crippen molar-refractivity contribution in [3.05, 3.63) is 86.3 Å². The van der Waals surface area contributed by atoms with Crippen molar-refractivity contribution in [2.45, 2.75) is 20.1 Å². The monoisotopic (exact) mass is 489 g/mol. The van der Waals surface area contributed by atoms with Crippen LogP contribution >= 0.6 is 27.5 Å². The van der Waals surface area contributed by atoms with Crippen LogP contribution in [0.3, 0.4) is 0 Å².